The van der Waals surface area contributed by atoms with E-state index in [4.69, 9.17) is 9.15 Å². The fourth-order valence-corrected chi connectivity index (χ4v) is 2.69. The number of ether oxygens (including phenoxy) is 1. The van der Waals surface area contributed by atoms with Crippen LogP contribution in [0.3, 0.4) is 0 Å². The van der Waals surface area contributed by atoms with E-state index in [2.05, 4.69) is 38.2 Å². The molecule has 3 rings (SSSR count). The summed E-state index contributed by atoms with van der Waals surface area (Å²) >= 11 is 0. The van der Waals surface area contributed by atoms with Crippen LogP contribution in [0.15, 0.2) is 47.1 Å². The first-order valence-electron chi connectivity index (χ1n) is 6.65. The SMILES string of the molecule is C[C@@H](NC1c2ccccc2OC1(C)C)c1ccco1. The molecule has 1 aromatic carbocycles. The van der Waals surface area contributed by atoms with E-state index in [1.54, 1.807) is 6.26 Å². The van der Waals surface area contributed by atoms with Crippen LogP contribution in [0.1, 0.15) is 44.2 Å². The maximum atomic E-state index is 6.03. The second-order valence-electron chi connectivity index (χ2n) is 5.58. The van der Waals surface area contributed by atoms with E-state index < -0.39 is 0 Å². The van der Waals surface area contributed by atoms with Gasteiger partial charge in [-0.05, 0) is 39.0 Å². The lowest BCUT2D eigenvalue weighted by Gasteiger charge is -2.29. The van der Waals surface area contributed by atoms with Crippen molar-refractivity contribution in [3.63, 3.8) is 0 Å². The lowest BCUT2D eigenvalue weighted by molar-refractivity contribution is 0.0905. The Morgan fingerprint density at radius 3 is 2.68 bits per heavy atom. The maximum Gasteiger partial charge on any atom is 0.125 e. The highest BCUT2D eigenvalue weighted by molar-refractivity contribution is 5.42. The third kappa shape index (κ3) is 2.15. The minimum Gasteiger partial charge on any atom is -0.486 e. The van der Waals surface area contributed by atoms with E-state index in [1.165, 1.54) is 5.56 Å². The zero-order valence-electron chi connectivity index (χ0n) is 11.5. The van der Waals surface area contributed by atoms with E-state index in [9.17, 15) is 0 Å². The number of hydrogen-bond acceptors (Lipinski definition) is 3. The van der Waals surface area contributed by atoms with Crippen molar-refractivity contribution in [2.75, 3.05) is 0 Å². The van der Waals surface area contributed by atoms with Gasteiger partial charge in [-0.2, -0.15) is 0 Å². The molecule has 100 valence electrons. The second-order valence-corrected chi connectivity index (χ2v) is 5.58. The number of benzene rings is 1. The summed E-state index contributed by atoms with van der Waals surface area (Å²) in [5.41, 5.74) is 0.954. The Kier molecular flexibility index (Phi) is 2.86. The van der Waals surface area contributed by atoms with Crippen LogP contribution in [0.5, 0.6) is 5.75 Å². The van der Waals surface area contributed by atoms with Gasteiger partial charge in [-0.15, -0.1) is 0 Å². The summed E-state index contributed by atoms with van der Waals surface area (Å²) in [4.78, 5) is 0. The van der Waals surface area contributed by atoms with Gasteiger partial charge < -0.3 is 9.15 Å². The molecule has 0 bridgehead atoms. The minimum absolute atomic E-state index is 0.147. The molecule has 0 spiro atoms. The molecule has 0 fully saturated rings. The van der Waals surface area contributed by atoms with Crippen LogP contribution < -0.4 is 10.1 Å². The Hall–Kier alpha value is -1.74. The average molecular weight is 257 g/mol. The molecule has 1 aromatic heterocycles. The monoisotopic (exact) mass is 257 g/mol. The molecule has 3 nitrogen and oxygen atoms in total. The molecule has 0 saturated heterocycles. The van der Waals surface area contributed by atoms with Crippen molar-refractivity contribution < 1.29 is 9.15 Å². The third-order valence-electron chi connectivity index (χ3n) is 3.68. The Balaban J connectivity index is 1.87. The van der Waals surface area contributed by atoms with Crippen molar-refractivity contribution in [1.29, 1.82) is 0 Å². The van der Waals surface area contributed by atoms with Crippen LogP contribution in [-0.4, -0.2) is 5.60 Å². The minimum atomic E-state index is -0.259. The first-order valence-corrected chi connectivity index (χ1v) is 6.65. The summed E-state index contributed by atoms with van der Waals surface area (Å²) in [5.74, 6) is 1.91. The number of fused-ring (bicyclic) bond motifs is 1. The van der Waals surface area contributed by atoms with Gasteiger partial charge in [0.1, 0.15) is 17.1 Å². The molecule has 0 radical (unpaired) electrons. The molecule has 1 N–H and O–H groups in total. The number of nitrogens with one attached hydrogen (secondary N) is 1. The Bertz CT molecular complexity index is 560. The van der Waals surface area contributed by atoms with Gasteiger partial charge in [0.15, 0.2) is 0 Å². The Morgan fingerprint density at radius 2 is 1.95 bits per heavy atom. The molecular formula is C16H19NO2. The Morgan fingerprint density at radius 1 is 1.16 bits per heavy atom. The number of para-hydroxylation sites is 1. The van der Waals surface area contributed by atoms with E-state index in [0.717, 1.165) is 11.5 Å². The number of rotatable bonds is 3. The molecule has 19 heavy (non-hydrogen) atoms. The van der Waals surface area contributed by atoms with Crippen LogP contribution in [0.25, 0.3) is 0 Å². The van der Waals surface area contributed by atoms with Crippen molar-refractivity contribution >= 4 is 0 Å². The van der Waals surface area contributed by atoms with Gasteiger partial charge >= 0.3 is 0 Å². The van der Waals surface area contributed by atoms with Gasteiger partial charge in [-0.3, -0.25) is 5.32 Å². The van der Waals surface area contributed by atoms with E-state index in [0.29, 0.717) is 0 Å². The lowest BCUT2D eigenvalue weighted by Crippen LogP contribution is -2.40. The van der Waals surface area contributed by atoms with Gasteiger partial charge in [-0.1, -0.05) is 18.2 Å². The summed E-state index contributed by atoms with van der Waals surface area (Å²) in [6.45, 7) is 6.33. The molecule has 1 aliphatic heterocycles. The topological polar surface area (TPSA) is 34.4 Å². The fourth-order valence-electron chi connectivity index (χ4n) is 2.69. The predicted octanol–water partition coefficient (Wildman–Crippen LogP) is 3.84. The van der Waals surface area contributed by atoms with Crippen molar-refractivity contribution in [2.24, 2.45) is 0 Å². The third-order valence-corrected chi connectivity index (χ3v) is 3.68. The van der Waals surface area contributed by atoms with Gasteiger partial charge in [0.25, 0.3) is 0 Å². The van der Waals surface area contributed by atoms with E-state index in [1.807, 2.05) is 24.3 Å². The van der Waals surface area contributed by atoms with Crippen molar-refractivity contribution in [3.05, 3.63) is 54.0 Å². The number of furan rings is 1. The van der Waals surface area contributed by atoms with Crippen LogP contribution in [0.2, 0.25) is 0 Å². The molecule has 0 aliphatic carbocycles. The van der Waals surface area contributed by atoms with Crippen LogP contribution in [0, 0.1) is 0 Å². The molecule has 0 saturated carbocycles. The van der Waals surface area contributed by atoms with Crippen LogP contribution in [-0.2, 0) is 0 Å². The average Bonchev–Trinajstić information content (AvgIpc) is 2.96. The highest BCUT2D eigenvalue weighted by Gasteiger charge is 2.41. The molecule has 2 heterocycles. The van der Waals surface area contributed by atoms with Gasteiger partial charge in [0.05, 0.1) is 18.3 Å². The van der Waals surface area contributed by atoms with Crippen molar-refractivity contribution in [1.82, 2.24) is 5.32 Å². The molecule has 2 aromatic rings. The first-order chi connectivity index (χ1) is 9.08. The van der Waals surface area contributed by atoms with Crippen molar-refractivity contribution in [2.45, 2.75) is 38.5 Å². The normalized spacial score (nSPS) is 21.7. The largest absolute Gasteiger partial charge is 0.486 e. The zero-order valence-corrected chi connectivity index (χ0v) is 11.5. The molecular weight excluding hydrogens is 238 g/mol. The summed E-state index contributed by atoms with van der Waals surface area (Å²) in [5, 5.41) is 3.61. The molecule has 1 aliphatic rings. The van der Waals surface area contributed by atoms with E-state index in [-0.39, 0.29) is 17.7 Å². The first kappa shape index (κ1) is 12.3. The lowest BCUT2D eigenvalue weighted by atomic mass is 9.93. The predicted molar refractivity (Wildman–Crippen MR) is 74.1 cm³/mol. The fraction of sp³-hybridized carbons (Fsp3) is 0.375. The highest BCUT2D eigenvalue weighted by Crippen LogP contribution is 2.43. The highest BCUT2D eigenvalue weighted by atomic mass is 16.5. The smallest absolute Gasteiger partial charge is 0.125 e. The summed E-state index contributed by atoms with van der Waals surface area (Å²) in [6.07, 6.45) is 1.71. The van der Waals surface area contributed by atoms with E-state index >= 15 is 0 Å². The Labute approximate surface area is 113 Å². The molecule has 0 amide bonds. The van der Waals surface area contributed by atoms with Gasteiger partial charge in [-0.25, -0.2) is 0 Å². The van der Waals surface area contributed by atoms with Crippen molar-refractivity contribution in [3.8, 4) is 5.75 Å². The summed E-state index contributed by atoms with van der Waals surface area (Å²) in [6, 6.07) is 12.4. The maximum absolute atomic E-state index is 6.03. The summed E-state index contributed by atoms with van der Waals surface area (Å²) < 4.78 is 11.5. The number of hydrogen-bond donors (Lipinski definition) is 1. The standard InChI is InChI=1S/C16H19NO2/c1-11(13-9-6-10-18-13)17-15-12-7-4-5-8-14(12)19-16(15,2)3/h4-11,15,17H,1-3H3/t11-,15?/m1/s1. The molecule has 1 unspecified atom stereocenters. The van der Waals surface area contributed by atoms with Gasteiger partial charge in [0, 0.05) is 5.56 Å². The molecule has 2 atom stereocenters. The van der Waals surface area contributed by atoms with Gasteiger partial charge in [0.2, 0.25) is 0 Å². The van der Waals surface area contributed by atoms with Crippen LogP contribution in [0.4, 0.5) is 0 Å². The zero-order chi connectivity index (χ0) is 13.5. The quantitative estimate of drug-likeness (QED) is 0.907. The molecule has 3 heteroatoms. The van der Waals surface area contributed by atoms with Crippen LogP contribution >= 0.6 is 0 Å². The second kappa shape index (κ2) is 4.42. The summed E-state index contributed by atoms with van der Waals surface area (Å²) in [7, 11) is 0.